The molecular weight excluding hydrogens is 422 g/mol. The second-order valence-electron chi connectivity index (χ2n) is 7.29. The Morgan fingerprint density at radius 1 is 1.19 bits per heavy atom. The van der Waals surface area contributed by atoms with Crippen LogP contribution in [0.1, 0.15) is 5.69 Å². The molecule has 158 valence electrons. The third-order valence-electron chi connectivity index (χ3n) is 5.25. The van der Waals surface area contributed by atoms with Crippen LogP contribution < -0.4 is 10.6 Å². The second kappa shape index (κ2) is 8.61. The Morgan fingerprint density at radius 3 is 2.94 bits per heavy atom. The van der Waals surface area contributed by atoms with Gasteiger partial charge in [0.2, 0.25) is 5.95 Å². The quantitative estimate of drug-likeness (QED) is 0.472. The average molecular weight is 442 g/mol. The third kappa shape index (κ3) is 3.96. The molecule has 9 heteroatoms. The topological polar surface area (TPSA) is 107 Å². The molecule has 0 radical (unpaired) electrons. The lowest BCUT2D eigenvalue weighted by Crippen LogP contribution is -2.32. The predicted molar refractivity (Wildman–Crippen MR) is 124 cm³/mol. The number of pyridine rings is 1. The number of thiophene rings is 1. The lowest BCUT2D eigenvalue weighted by Gasteiger charge is -2.14. The van der Waals surface area contributed by atoms with Crippen LogP contribution in [-0.2, 0) is 0 Å². The maximum Gasteiger partial charge on any atom is 0.317 e. The van der Waals surface area contributed by atoms with Crippen molar-refractivity contribution >= 4 is 33.4 Å². The molecule has 1 aliphatic rings. The van der Waals surface area contributed by atoms with Gasteiger partial charge in [-0.1, -0.05) is 18.2 Å². The van der Waals surface area contributed by atoms with Crippen LogP contribution in [0.5, 0.6) is 0 Å². The molecule has 0 aliphatic carbocycles. The Balaban J connectivity index is 1.40. The number of carbonyl (C=O) groups is 1. The predicted octanol–water partition coefficient (Wildman–Crippen LogP) is 3.73. The van der Waals surface area contributed by atoms with Gasteiger partial charge in [0, 0.05) is 43.3 Å². The molecule has 32 heavy (non-hydrogen) atoms. The molecule has 0 atom stereocenters. The van der Waals surface area contributed by atoms with Crippen LogP contribution >= 0.6 is 11.3 Å². The molecule has 0 unspecified atom stereocenters. The number of rotatable bonds is 6. The van der Waals surface area contributed by atoms with Crippen molar-refractivity contribution in [2.24, 2.45) is 0 Å². The van der Waals surface area contributed by atoms with Crippen LogP contribution in [0.25, 0.3) is 31.8 Å². The molecule has 0 saturated carbocycles. The summed E-state index contributed by atoms with van der Waals surface area (Å²) in [5, 5.41) is 16.3. The number of benzene rings is 1. The number of hydrogen-bond donors (Lipinski definition) is 2. The van der Waals surface area contributed by atoms with Gasteiger partial charge >= 0.3 is 6.03 Å². The van der Waals surface area contributed by atoms with Gasteiger partial charge in [0.25, 0.3) is 0 Å². The molecule has 4 aromatic rings. The molecule has 3 aromatic heterocycles. The number of hydrogen-bond acceptors (Lipinski definition) is 7. The van der Waals surface area contributed by atoms with Crippen LogP contribution in [-0.4, -0.2) is 52.1 Å². The minimum absolute atomic E-state index is 0.0290. The fourth-order valence-corrected chi connectivity index (χ4v) is 4.85. The molecule has 2 N–H and O–H groups in total. The Labute approximate surface area is 188 Å². The van der Waals surface area contributed by atoms with Gasteiger partial charge in [0.15, 0.2) is 0 Å². The summed E-state index contributed by atoms with van der Waals surface area (Å²) < 4.78 is 1.13. The molecule has 1 aliphatic heterocycles. The average Bonchev–Trinajstić information content (AvgIpc) is 3.45. The molecule has 0 spiro atoms. The van der Waals surface area contributed by atoms with Gasteiger partial charge in [-0.3, -0.25) is 0 Å². The molecule has 1 saturated heterocycles. The monoisotopic (exact) mass is 441 g/mol. The second-order valence-corrected chi connectivity index (χ2v) is 8.34. The zero-order valence-electron chi connectivity index (χ0n) is 17.1. The first-order valence-corrected chi connectivity index (χ1v) is 11.0. The van der Waals surface area contributed by atoms with Crippen LogP contribution in [0.15, 0.2) is 54.9 Å². The third-order valence-corrected chi connectivity index (χ3v) is 6.45. The van der Waals surface area contributed by atoms with E-state index in [1.54, 1.807) is 28.6 Å². The van der Waals surface area contributed by atoms with E-state index in [0.717, 1.165) is 38.3 Å². The standard InChI is InChI=1S/C23H19N7OS/c24-14-17-12-15(4-6-25-17)18-3-1-2-16-13-20(32-21(16)18)19-5-7-26-22(29-19)27-8-10-30-11-9-28-23(30)31/h1-7,12-13H,8-11H2,(H,28,31)(H,26,27,29). The molecule has 2 amide bonds. The SMILES string of the molecule is N#Cc1cc(-c2cccc3cc(-c4ccnc(NCCN5CCNC5=O)n4)sc23)ccn1. The van der Waals surface area contributed by atoms with Crippen molar-refractivity contribution in [3.8, 4) is 27.8 Å². The van der Waals surface area contributed by atoms with Crippen molar-refractivity contribution in [3.63, 3.8) is 0 Å². The first-order chi connectivity index (χ1) is 15.7. The summed E-state index contributed by atoms with van der Waals surface area (Å²) >= 11 is 1.66. The highest BCUT2D eigenvalue weighted by Gasteiger charge is 2.18. The minimum atomic E-state index is -0.0290. The molecule has 1 aromatic carbocycles. The fourth-order valence-electron chi connectivity index (χ4n) is 3.68. The van der Waals surface area contributed by atoms with E-state index in [4.69, 9.17) is 0 Å². The van der Waals surface area contributed by atoms with E-state index in [2.05, 4.69) is 49.9 Å². The molecule has 0 bridgehead atoms. The van der Waals surface area contributed by atoms with Gasteiger partial charge in [0.1, 0.15) is 11.8 Å². The van der Waals surface area contributed by atoms with E-state index < -0.39 is 0 Å². The summed E-state index contributed by atoms with van der Waals surface area (Å²) in [5.41, 5.74) is 3.26. The Kier molecular flexibility index (Phi) is 5.35. The van der Waals surface area contributed by atoms with Gasteiger partial charge < -0.3 is 15.5 Å². The van der Waals surface area contributed by atoms with Crippen molar-refractivity contribution in [1.82, 2.24) is 25.2 Å². The van der Waals surface area contributed by atoms with E-state index in [-0.39, 0.29) is 6.03 Å². The number of aromatic nitrogens is 3. The summed E-state index contributed by atoms with van der Waals surface area (Å²) in [6, 6.07) is 16.0. The number of fused-ring (bicyclic) bond motifs is 1. The summed E-state index contributed by atoms with van der Waals surface area (Å²) in [6.07, 6.45) is 3.40. The van der Waals surface area contributed by atoms with Crippen LogP contribution in [0.3, 0.4) is 0 Å². The maximum atomic E-state index is 11.6. The highest BCUT2D eigenvalue weighted by atomic mass is 32.1. The number of nitrogens with one attached hydrogen (secondary N) is 2. The normalized spacial score (nSPS) is 13.2. The fraction of sp³-hybridized carbons (Fsp3) is 0.174. The smallest absolute Gasteiger partial charge is 0.317 e. The van der Waals surface area contributed by atoms with E-state index in [9.17, 15) is 10.1 Å². The number of carbonyl (C=O) groups excluding carboxylic acids is 1. The van der Waals surface area contributed by atoms with E-state index in [1.807, 2.05) is 24.3 Å². The Bertz CT molecular complexity index is 1340. The van der Waals surface area contributed by atoms with E-state index in [1.165, 1.54) is 0 Å². The molecule has 4 heterocycles. The molecule has 8 nitrogen and oxygen atoms in total. The van der Waals surface area contributed by atoms with Crippen molar-refractivity contribution < 1.29 is 4.79 Å². The summed E-state index contributed by atoms with van der Waals surface area (Å²) in [4.78, 5) is 27.5. The molecular formula is C23H19N7OS. The van der Waals surface area contributed by atoms with Gasteiger partial charge in [-0.2, -0.15) is 5.26 Å². The van der Waals surface area contributed by atoms with Crippen LogP contribution in [0, 0.1) is 11.3 Å². The number of anilines is 1. The minimum Gasteiger partial charge on any atom is -0.352 e. The van der Waals surface area contributed by atoms with E-state index in [0.29, 0.717) is 31.3 Å². The van der Waals surface area contributed by atoms with Crippen molar-refractivity contribution in [1.29, 1.82) is 5.26 Å². The molecule has 5 rings (SSSR count). The lowest BCUT2D eigenvalue weighted by atomic mass is 10.0. The summed E-state index contributed by atoms with van der Waals surface area (Å²) in [5.74, 6) is 0.535. The summed E-state index contributed by atoms with van der Waals surface area (Å²) in [6.45, 7) is 2.59. The van der Waals surface area contributed by atoms with Crippen LogP contribution in [0.4, 0.5) is 10.7 Å². The van der Waals surface area contributed by atoms with Gasteiger partial charge in [-0.05, 0) is 40.8 Å². The first kappa shape index (κ1) is 19.9. The van der Waals surface area contributed by atoms with Crippen molar-refractivity contribution in [3.05, 3.63) is 60.6 Å². The highest BCUT2D eigenvalue weighted by Crippen LogP contribution is 2.38. The van der Waals surface area contributed by atoms with E-state index >= 15 is 0 Å². The first-order valence-electron chi connectivity index (χ1n) is 10.2. The van der Waals surface area contributed by atoms with Gasteiger partial charge in [-0.15, -0.1) is 11.3 Å². The van der Waals surface area contributed by atoms with Crippen LogP contribution in [0.2, 0.25) is 0 Å². The largest absolute Gasteiger partial charge is 0.352 e. The number of nitriles is 1. The highest BCUT2D eigenvalue weighted by molar-refractivity contribution is 7.22. The number of nitrogens with zero attached hydrogens (tertiary/aromatic N) is 5. The Hall–Kier alpha value is -4.03. The number of amides is 2. The van der Waals surface area contributed by atoms with Crippen molar-refractivity contribution in [2.75, 3.05) is 31.5 Å². The van der Waals surface area contributed by atoms with Gasteiger partial charge in [-0.25, -0.2) is 19.7 Å². The zero-order valence-corrected chi connectivity index (χ0v) is 17.9. The maximum absolute atomic E-state index is 11.6. The zero-order chi connectivity index (χ0) is 21.9. The summed E-state index contributed by atoms with van der Waals surface area (Å²) in [7, 11) is 0. The molecule has 1 fully saturated rings. The number of urea groups is 1. The van der Waals surface area contributed by atoms with Crippen molar-refractivity contribution in [2.45, 2.75) is 0 Å². The Morgan fingerprint density at radius 2 is 2.09 bits per heavy atom. The van der Waals surface area contributed by atoms with Gasteiger partial charge in [0.05, 0.1) is 10.6 Å². The lowest BCUT2D eigenvalue weighted by molar-refractivity contribution is 0.219.